The van der Waals surface area contributed by atoms with Crippen LogP contribution in [0, 0.1) is 76.2 Å². The zero-order valence-corrected chi connectivity index (χ0v) is 77.1. The lowest BCUT2D eigenvalue weighted by Gasteiger charge is -2.13. The molecule has 5 nitrogen and oxygen atoms in total. The van der Waals surface area contributed by atoms with Gasteiger partial charge < -0.3 is 0 Å². The van der Waals surface area contributed by atoms with Gasteiger partial charge in [-0.15, -0.1) is 0 Å². The summed E-state index contributed by atoms with van der Waals surface area (Å²) in [5.41, 5.74) is 54.7. The van der Waals surface area contributed by atoms with Gasteiger partial charge in [-0.3, -0.25) is 0 Å². The first-order valence-corrected chi connectivity index (χ1v) is 45.7. The second-order valence-corrected chi connectivity index (χ2v) is 36.9. The van der Waals surface area contributed by atoms with Crippen LogP contribution in [0.1, 0.15) is 61.2 Å². The highest BCUT2D eigenvalue weighted by atomic mass is 15.0. The molecule has 5 aliphatic rings. The van der Waals surface area contributed by atoms with Gasteiger partial charge in [0.25, 0.3) is 0 Å². The van der Waals surface area contributed by atoms with Crippen molar-refractivity contribution in [3.63, 3.8) is 0 Å². The predicted molar refractivity (Wildman–Crippen MR) is 545 cm³/mol. The van der Waals surface area contributed by atoms with Gasteiger partial charge in [-0.25, -0.2) is 13.7 Å². The van der Waals surface area contributed by atoms with Crippen molar-refractivity contribution in [3.8, 4) is 168 Å². The van der Waals surface area contributed by atoms with Gasteiger partial charge in [0.1, 0.15) is 35.2 Å². The van der Waals surface area contributed by atoms with Crippen LogP contribution in [0.5, 0.6) is 0 Å². The van der Waals surface area contributed by atoms with Crippen LogP contribution in [0.2, 0.25) is 0 Å². The molecule has 16 aromatic carbocycles. The highest BCUT2D eigenvalue weighted by Gasteiger charge is 2.37. The maximum atomic E-state index is 2.38. The molecule has 0 saturated heterocycles. The van der Waals surface area contributed by atoms with Gasteiger partial charge in [-0.2, -0.15) is 9.13 Å². The lowest BCUT2D eigenvalue weighted by atomic mass is 9.92. The van der Waals surface area contributed by atoms with Gasteiger partial charge in [0.05, 0.1) is 50.1 Å². The Morgan fingerprint density at radius 1 is 0.169 bits per heavy atom. The third kappa shape index (κ3) is 12.9. The van der Waals surface area contributed by atoms with Crippen LogP contribution < -0.4 is 22.8 Å². The SMILES string of the molecule is Cc1cc(C)c(C)c(-c2c3c(cc[n+]2C)-c2cccc4cccc-3c24)c1.Cc1cc(C)c(C)c(-c2cc3c(c[n+]2C)-c2cccc4cccc-3c24)c1.Cc1cc(C)c(C)c(-c2ccc3c([n+]2C)-c2cccc4cccc-3c24)c1.Cc1cc2ccccc2cc1-c1c2c(cc[n+]1C)-c1cccc3cccc-2c13.Cc1ccccc1-c1ccc2c([n+]1C)-c1cccc3cccc-2c13. The first-order valence-electron chi connectivity index (χ1n) is 45.7. The quantitative estimate of drug-likeness (QED) is 0.153. The number of aromatic nitrogens is 5. The summed E-state index contributed by atoms with van der Waals surface area (Å²) in [5.74, 6) is 0. The van der Waals surface area contributed by atoms with Crippen LogP contribution in [0.3, 0.4) is 0 Å². The number of hydrogen-bond acceptors (Lipinski definition) is 0. The van der Waals surface area contributed by atoms with Crippen molar-refractivity contribution in [3.05, 3.63) is 401 Å². The van der Waals surface area contributed by atoms with Crippen molar-refractivity contribution < 1.29 is 22.8 Å². The molecule has 0 bridgehead atoms. The van der Waals surface area contributed by atoms with Crippen molar-refractivity contribution in [1.29, 1.82) is 0 Å². The Morgan fingerprint density at radius 3 is 0.938 bits per heavy atom. The molecule has 21 aromatic rings. The third-order valence-corrected chi connectivity index (χ3v) is 29.0. The van der Waals surface area contributed by atoms with Crippen molar-refractivity contribution >= 4 is 64.6 Å². The van der Waals surface area contributed by atoms with Crippen molar-refractivity contribution in [2.45, 2.75) is 76.2 Å². The second kappa shape index (κ2) is 31.4. The third-order valence-electron chi connectivity index (χ3n) is 29.0. The van der Waals surface area contributed by atoms with E-state index in [-0.39, 0.29) is 0 Å². The van der Waals surface area contributed by atoms with E-state index in [4.69, 9.17) is 0 Å². The van der Waals surface area contributed by atoms with Crippen LogP contribution >= 0.6 is 0 Å². The molecule has 0 N–H and O–H groups in total. The molecule has 26 rings (SSSR count). The number of fused-ring (bicyclic) bond motifs is 16. The summed E-state index contributed by atoms with van der Waals surface area (Å²) in [4.78, 5) is 0. The maximum Gasteiger partial charge on any atom is 0.221 e. The minimum Gasteiger partial charge on any atom is -0.200 e. The molecular weight excluding hydrogens is 1570 g/mol. The second-order valence-electron chi connectivity index (χ2n) is 36.9. The van der Waals surface area contributed by atoms with Gasteiger partial charge in [0.2, 0.25) is 39.9 Å². The fraction of sp³-hybridized carbons (Fsp3) is 0.128. The normalized spacial score (nSPS) is 11.8. The standard InChI is InChI=1S/C27H20N.3C25H22N.C23H18N/c1-17-15-19-7-3-4-8-20(19)16-24(17)27-26-22(13-14-28(27)2)21-11-5-9-18-10-6-12-23(26)25(18)21;1-15-11-16(2)17(3)21(12-15)24-13-22-19-9-5-7-18-8-6-10-20(25(18)19)23(22)14-26(24)4;1-15-13-16(2)17(3)22(14-15)25-24-20(11-12-26(25)4)19-9-5-7-18-8-6-10-21(24)23(18)19;1-15-13-16(2)17(3)22(14-15)23-12-11-20-19-9-5-7-18-8-6-10-21(24(18)19)25(20)26(23)4;1-15-7-3-4-10-17(15)21-14-13-19-18-11-5-8-16-9-6-12-20(22(16)18)23(19)24(21)2/h3-16H,1-2H3;3*5-14H,1-4H3;3-14H,1-2H3/q5*+1. The van der Waals surface area contributed by atoms with Crippen LogP contribution in [0.25, 0.3) is 232 Å². The van der Waals surface area contributed by atoms with E-state index in [2.05, 4.69) is 474 Å². The molecule has 0 saturated carbocycles. The number of rotatable bonds is 5. The Balaban J connectivity index is 0.0000000954. The Bertz CT molecular complexity index is 8380. The molecule has 0 spiro atoms. The summed E-state index contributed by atoms with van der Waals surface area (Å²) in [7, 11) is 10.9. The Hall–Kier alpha value is -15.2. The van der Waals surface area contributed by atoms with E-state index < -0.39 is 0 Å². The monoisotopic (exact) mass is 1670 g/mol. The summed E-state index contributed by atoms with van der Waals surface area (Å²) < 4.78 is 11.6. The van der Waals surface area contributed by atoms with Gasteiger partial charge in [0, 0.05) is 74.5 Å². The zero-order valence-electron chi connectivity index (χ0n) is 77.1. The summed E-state index contributed by atoms with van der Waals surface area (Å²) >= 11 is 0. The number of nitrogens with zero attached hydrogens (tertiary/aromatic N) is 5. The van der Waals surface area contributed by atoms with E-state index in [1.807, 2.05) is 0 Å². The predicted octanol–water partition coefficient (Wildman–Crippen LogP) is 29.4. The fourth-order valence-electron chi connectivity index (χ4n) is 22.5. The van der Waals surface area contributed by atoms with Crippen LogP contribution in [-0.4, -0.2) is 0 Å². The molecule has 5 heterocycles. The van der Waals surface area contributed by atoms with Gasteiger partial charge >= 0.3 is 0 Å². The molecule has 0 amide bonds. The number of pyridine rings is 5. The summed E-state index contributed by atoms with van der Waals surface area (Å²) in [6.45, 7) is 24.3. The van der Waals surface area contributed by atoms with E-state index in [1.165, 1.54) is 294 Å². The largest absolute Gasteiger partial charge is 0.221 e. The smallest absolute Gasteiger partial charge is 0.200 e. The lowest BCUT2D eigenvalue weighted by molar-refractivity contribution is -0.660. The maximum absolute atomic E-state index is 2.38. The molecule has 0 atom stereocenters. The highest BCUT2D eigenvalue weighted by molar-refractivity contribution is 6.21. The highest BCUT2D eigenvalue weighted by Crippen LogP contribution is 2.55. The molecule has 5 aliphatic carbocycles. The van der Waals surface area contributed by atoms with Crippen molar-refractivity contribution in [2.24, 2.45) is 35.2 Å². The molecule has 5 aromatic heterocycles. The minimum absolute atomic E-state index is 1.26. The van der Waals surface area contributed by atoms with E-state index in [0.29, 0.717) is 0 Å². The Labute approximate surface area is 762 Å². The number of aryl methyl sites for hydroxylation is 11. The van der Waals surface area contributed by atoms with E-state index in [1.54, 1.807) is 0 Å². The molecule has 624 valence electrons. The minimum atomic E-state index is 1.26. The van der Waals surface area contributed by atoms with Crippen LogP contribution in [-0.2, 0) is 35.2 Å². The lowest BCUT2D eigenvalue weighted by Crippen LogP contribution is -2.34. The average Bonchev–Trinajstić information content (AvgIpc) is 1.56. The average molecular weight is 1680 g/mol. The number of benzene rings is 16. The van der Waals surface area contributed by atoms with Crippen LogP contribution in [0.4, 0.5) is 0 Å². The van der Waals surface area contributed by atoms with Crippen LogP contribution in [0.15, 0.2) is 340 Å². The summed E-state index contributed by atoms with van der Waals surface area (Å²) in [5, 5.41) is 16.1. The molecule has 0 fully saturated rings. The van der Waals surface area contributed by atoms with Gasteiger partial charge in [0.15, 0.2) is 18.6 Å². The van der Waals surface area contributed by atoms with Gasteiger partial charge in [-0.1, -0.05) is 253 Å². The number of hydrogen-bond donors (Lipinski definition) is 0. The molecule has 130 heavy (non-hydrogen) atoms. The van der Waals surface area contributed by atoms with Crippen molar-refractivity contribution in [1.82, 2.24) is 0 Å². The van der Waals surface area contributed by atoms with E-state index in [0.717, 1.165) is 0 Å². The first-order chi connectivity index (χ1) is 63.1. The topological polar surface area (TPSA) is 19.4 Å². The van der Waals surface area contributed by atoms with Crippen molar-refractivity contribution in [2.75, 3.05) is 0 Å². The molecule has 0 unspecified atom stereocenters. The fourth-order valence-corrected chi connectivity index (χ4v) is 22.5. The zero-order chi connectivity index (χ0) is 89.1. The van der Waals surface area contributed by atoms with Gasteiger partial charge in [-0.05, 0) is 274 Å². The molecule has 0 aliphatic heterocycles. The summed E-state index contributed by atoms with van der Waals surface area (Å²) in [6, 6.07) is 118. The summed E-state index contributed by atoms with van der Waals surface area (Å²) in [6.07, 6.45) is 6.71. The Morgan fingerprint density at radius 2 is 0.492 bits per heavy atom. The molecular formula is C125H104N5+5. The van der Waals surface area contributed by atoms with E-state index in [9.17, 15) is 0 Å². The first kappa shape index (κ1) is 80.6. The van der Waals surface area contributed by atoms with E-state index >= 15 is 0 Å². The molecule has 5 heteroatoms. The Kier molecular flexibility index (Phi) is 19.5. The molecule has 0 radical (unpaired) electrons.